The Morgan fingerprint density at radius 2 is 1.54 bits per heavy atom. The Bertz CT molecular complexity index is 1380. The van der Waals surface area contributed by atoms with Gasteiger partial charge in [-0.1, -0.05) is 42.0 Å². The molecule has 35 heavy (non-hydrogen) atoms. The summed E-state index contributed by atoms with van der Waals surface area (Å²) in [5, 5.41) is 18.9. The van der Waals surface area contributed by atoms with Gasteiger partial charge in [0.2, 0.25) is 0 Å². The van der Waals surface area contributed by atoms with Crippen LogP contribution < -0.4 is 5.01 Å². The molecule has 178 valence electrons. The number of benzene rings is 3. The molecule has 0 radical (unpaired) electrons. The van der Waals surface area contributed by atoms with Crippen LogP contribution >= 0.6 is 0 Å². The lowest BCUT2D eigenvalue weighted by Crippen LogP contribution is -2.27. The third kappa shape index (κ3) is 6.32. The molecule has 1 heterocycles. The Morgan fingerprint density at radius 3 is 2.17 bits per heavy atom. The number of rotatable bonds is 10. The lowest BCUT2D eigenvalue weighted by atomic mass is 10.1. The van der Waals surface area contributed by atoms with E-state index < -0.39 is 10.1 Å². The average Bonchev–Trinajstić information content (AvgIpc) is 3.41. The van der Waals surface area contributed by atoms with E-state index in [0.29, 0.717) is 24.9 Å². The van der Waals surface area contributed by atoms with Gasteiger partial charge in [0.15, 0.2) is 0 Å². The largest absolute Gasteiger partial charge is 0.296 e. The van der Waals surface area contributed by atoms with E-state index >= 15 is 0 Å². The summed E-state index contributed by atoms with van der Waals surface area (Å²) in [6.45, 7) is 2.60. The van der Waals surface area contributed by atoms with Crippen molar-refractivity contribution in [1.82, 2.24) is 14.9 Å². The molecule has 0 aliphatic heterocycles. The third-order valence-electron chi connectivity index (χ3n) is 5.49. The minimum absolute atomic E-state index is 0.123. The molecule has 0 bridgehead atoms. The fraction of sp³-hybridized carbons (Fsp3) is 0.192. The zero-order valence-electron chi connectivity index (χ0n) is 19.3. The zero-order valence-corrected chi connectivity index (χ0v) is 20.1. The molecule has 0 aliphatic carbocycles. The maximum absolute atomic E-state index is 12.3. The minimum Gasteiger partial charge on any atom is -0.274 e. The van der Waals surface area contributed by atoms with Gasteiger partial charge in [-0.2, -0.15) is 13.7 Å². The molecule has 3 aromatic carbocycles. The van der Waals surface area contributed by atoms with Gasteiger partial charge >= 0.3 is 0 Å². The van der Waals surface area contributed by atoms with E-state index in [1.165, 1.54) is 0 Å². The Kier molecular flexibility index (Phi) is 7.55. The fourth-order valence-corrected chi connectivity index (χ4v) is 4.48. The Labute approximate surface area is 205 Å². The summed E-state index contributed by atoms with van der Waals surface area (Å²) < 4.78 is 31.6. The smallest absolute Gasteiger partial charge is 0.274 e. The van der Waals surface area contributed by atoms with Crippen molar-refractivity contribution in [3.05, 3.63) is 108 Å². The van der Waals surface area contributed by atoms with Crippen LogP contribution in [0.25, 0.3) is 0 Å². The number of hydrogen-bond acceptors (Lipinski definition) is 7. The third-order valence-corrected chi connectivity index (χ3v) is 6.82. The first-order valence-corrected chi connectivity index (χ1v) is 12.5. The summed E-state index contributed by atoms with van der Waals surface area (Å²) >= 11 is 0. The molecule has 4 rings (SSSR count). The predicted octanol–water partition coefficient (Wildman–Crippen LogP) is 4.27. The van der Waals surface area contributed by atoms with Crippen molar-refractivity contribution in [2.24, 2.45) is 0 Å². The maximum Gasteiger partial charge on any atom is 0.296 e. The van der Waals surface area contributed by atoms with Gasteiger partial charge in [0.05, 0.1) is 35.4 Å². The maximum atomic E-state index is 12.3. The lowest BCUT2D eigenvalue weighted by molar-refractivity contribution is 0.312. The monoisotopic (exact) mass is 487 g/mol. The molecule has 0 aliphatic rings. The highest BCUT2D eigenvalue weighted by atomic mass is 32.2. The standard InChI is InChI=1S/C26H25N5O3S/c1-21-4-14-26(15-5-21)35(32,33)34-16-2-3-22-6-8-24(9-7-22)18-31(30-19-28-29-20-30)25-12-10-23(17-27)11-13-25/h4-15,19-20H,2-3,16,18H2,1H3. The van der Waals surface area contributed by atoms with E-state index in [1.54, 1.807) is 53.7 Å². The van der Waals surface area contributed by atoms with Crippen molar-refractivity contribution in [2.45, 2.75) is 31.2 Å². The van der Waals surface area contributed by atoms with Crippen LogP contribution in [-0.2, 0) is 27.3 Å². The number of nitrogens with zero attached hydrogens (tertiary/aromatic N) is 5. The van der Waals surface area contributed by atoms with Crippen molar-refractivity contribution in [3.63, 3.8) is 0 Å². The van der Waals surface area contributed by atoms with E-state index in [1.807, 2.05) is 48.3 Å². The molecular formula is C26H25N5O3S. The predicted molar refractivity (Wildman–Crippen MR) is 132 cm³/mol. The van der Waals surface area contributed by atoms with Crippen LogP contribution in [-0.4, -0.2) is 29.9 Å². The molecule has 0 fully saturated rings. The normalized spacial score (nSPS) is 11.2. The summed E-state index contributed by atoms with van der Waals surface area (Å²) in [5.41, 5.74) is 4.66. The van der Waals surface area contributed by atoms with Crippen molar-refractivity contribution in [1.29, 1.82) is 5.26 Å². The van der Waals surface area contributed by atoms with Gasteiger partial charge in [0.25, 0.3) is 10.1 Å². The number of nitriles is 1. The van der Waals surface area contributed by atoms with Crippen LogP contribution in [0.15, 0.2) is 90.3 Å². The highest BCUT2D eigenvalue weighted by molar-refractivity contribution is 7.86. The highest BCUT2D eigenvalue weighted by Crippen LogP contribution is 2.20. The van der Waals surface area contributed by atoms with Gasteiger partial charge < -0.3 is 0 Å². The van der Waals surface area contributed by atoms with Gasteiger partial charge in [-0.3, -0.25) is 9.19 Å². The van der Waals surface area contributed by atoms with Gasteiger partial charge in [-0.05, 0) is 67.3 Å². The highest BCUT2D eigenvalue weighted by Gasteiger charge is 2.14. The van der Waals surface area contributed by atoms with Crippen molar-refractivity contribution >= 4 is 15.8 Å². The second-order valence-electron chi connectivity index (χ2n) is 8.07. The molecule has 0 amide bonds. The number of anilines is 1. The summed E-state index contributed by atoms with van der Waals surface area (Å²) in [6.07, 6.45) is 4.53. The topological polar surface area (TPSA) is 101 Å². The molecule has 0 spiro atoms. The van der Waals surface area contributed by atoms with Crippen molar-refractivity contribution < 1.29 is 12.6 Å². The SMILES string of the molecule is Cc1ccc(S(=O)(=O)OCCCc2ccc(CN(c3ccc(C#N)cc3)n3cnnc3)cc2)cc1. The molecule has 4 aromatic rings. The summed E-state index contributed by atoms with van der Waals surface area (Å²) in [5.74, 6) is 0. The molecule has 9 heteroatoms. The minimum atomic E-state index is -3.74. The molecule has 0 N–H and O–H groups in total. The van der Waals surface area contributed by atoms with Gasteiger partial charge in [0, 0.05) is 0 Å². The number of aromatic nitrogens is 3. The summed E-state index contributed by atoms with van der Waals surface area (Å²) in [4.78, 5) is 0.173. The molecule has 0 saturated carbocycles. The molecule has 0 unspecified atom stereocenters. The quantitative estimate of drug-likeness (QED) is 0.243. The van der Waals surface area contributed by atoms with Crippen LogP contribution in [0.5, 0.6) is 0 Å². The average molecular weight is 488 g/mol. The fourth-order valence-electron chi connectivity index (χ4n) is 3.54. The first kappa shape index (κ1) is 24.1. The second kappa shape index (κ2) is 11.0. The van der Waals surface area contributed by atoms with Gasteiger partial charge in [-0.15, -0.1) is 10.2 Å². The summed E-state index contributed by atoms with van der Waals surface area (Å²) in [7, 11) is -3.74. The second-order valence-corrected chi connectivity index (χ2v) is 9.68. The molecular weight excluding hydrogens is 462 g/mol. The molecule has 0 saturated heterocycles. The van der Waals surface area contributed by atoms with Crippen molar-refractivity contribution in [3.8, 4) is 6.07 Å². The van der Waals surface area contributed by atoms with E-state index in [4.69, 9.17) is 9.44 Å². The van der Waals surface area contributed by atoms with E-state index in [9.17, 15) is 8.42 Å². The first-order chi connectivity index (χ1) is 16.9. The Morgan fingerprint density at radius 1 is 0.914 bits per heavy atom. The first-order valence-electron chi connectivity index (χ1n) is 11.1. The van der Waals surface area contributed by atoms with E-state index in [2.05, 4.69) is 16.3 Å². The molecule has 8 nitrogen and oxygen atoms in total. The van der Waals surface area contributed by atoms with Crippen molar-refractivity contribution in [2.75, 3.05) is 11.6 Å². The van der Waals surface area contributed by atoms with E-state index in [0.717, 1.165) is 22.4 Å². The Hall–Kier alpha value is -4.00. The van der Waals surface area contributed by atoms with Crippen LogP contribution in [0.2, 0.25) is 0 Å². The molecule has 0 atom stereocenters. The number of hydrogen-bond donors (Lipinski definition) is 0. The number of aryl methyl sites for hydroxylation is 2. The van der Waals surface area contributed by atoms with Gasteiger partial charge in [0.1, 0.15) is 12.7 Å². The van der Waals surface area contributed by atoms with E-state index in [-0.39, 0.29) is 11.5 Å². The van der Waals surface area contributed by atoms with Crippen LogP contribution in [0.3, 0.4) is 0 Å². The van der Waals surface area contributed by atoms with Crippen LogP contribution in [0, 0.1) is 18.3 Å². The molecule has 1 aromatic heterocycles. The zero-order chi connectivity index (χ0) is 24.7. The van der Waals surface area contributed by atoms with Crippen LogP contribution in [0.1, 0.15) is 28.7 Å². The summed E-state index contributed by atoms with van der Waals surface area (Å²) in [6, 6.07) is 24.2. The lowest BCUT2D eigenvalue weighted by Gasteiger charge is -2.25. The Balaban J connectivity index is 1.34. The van der Waals surface area contributed by atoms with Gasteiger partial charge in [-0.25, -0.2) is 4.68 Å². The van der Waals surface area contributed by atoms with Crippen LogP contribution in [0.4, 0.5) is 5.69 Å².